The Hall–Kier alpha value is -4.08. The molecular formula is C22H23N5O5. The molecule has 1 atom stereocenters. The van der Waals surface area contributed by atoms with Crippen LogP contribution in [0.5, 0.6) is 11.8 Å². The Morgan fingerprint density at radius 2 is 1.81 bits per heavy atom. The molecule has 32 heavy (non-hydrogen) atoms. The van der Waals surface area contributed by atoms with Gasteiger partial charge in [0, 0.05) is 16.4 Å². The van der Waals surface area contributed by atoms with Crippen LogP contribution in [0.15, 0.2) is 54.7 Å². The Balaban J connectivity index is 1.27. The maximum absolute atomic E-state index is 12.2. The van der Waals surface area contributed by atoms with Crippen molar-refractivity contribution in [2.24, 2.45) is 0 Å². The van der Waals surface area contributed by atoms with E-state index in [0.29, 0.717) is 18.0 Å². The number of hydrogen-bond donors (Lipinski definition) is 2. The van der Waals surface area contributed by atoms with Crippen LogP contribution in [0.3, 0.4) is 0 Å². The molecule has 10 nitrogen and oxygen atoms in total. The first-order valence-corrected chi connectivity index (χ1v) is 10.1. The van der Waals surface area contributed by atoms with Crippen molar-refractivity contribution in [2.75, 3.05) is 17.2 Å². The number of urea groups is 1. The Bertz CT molecular complexity index is 1100. The average molecular weight is 437 g/mol. The molecule has 0 aliphatic carbocycles. The molecule has 1 aliphatic rings. The zero-order valence-electron chi connectivity index (χ0n) is 17.7. The van der Waals surface area contributed by atoms with Gasteiger partial charge < -0.3 is 30.2 Å². The number of hydrogen-bond acceptors (Lipinski definition) is 6. The minimum atomic E-state index is -0.693. The predicted molar refractivity (Wildman–Crippen MR) is 118 cm³/mol. The summed E-state index contributed by atoms with van der Waals surface area (Å²) in [5.41, 5.74) is 1.85. The molecule has 1 unspecified atom stereocenters. The number of ether oxygens (including phenoxy) is 2. The Labute approximate surface area is 184 Å². The van der Waals surface area contributed by atoms with E-state index in [1.807, 2.05) is 31.2 Å². The minimum Gasteiger partial charge on any atom is -0.489 e. The van der Waals surface area contributed by atoms with Crippen LogP contribution >= 0.6 is 0 Å². The predicted octanol–water partition coefficient (Wildman–Crippen LogP) is 4.23. The normalized spacial score (nSPS) is 16.7. The van der Waals surface area contributed by atoms with Crippen LogP contribution in [0.25, 0.3) is 0 Å². The summed E-state index contributed by atoms with van der Waals surface area (Å²) in [5, 5.41) is 16.4. The lowest BCUT2D eigenvalue weighted by molar-refractivity contribution is -0.389. The van der Waals surface area contributed by atoms with Crippen LogP contribution in [0.4, 0.5) is 22.0 Å². The highest BCUT2D eigenvalue weighted by Crippen LogP contribution is 2.31. The molecule has 3 aromatic rings. The molecule has 0 saturated carbocycles. The number of rotatable bonds is 7. The van der Waals surface area contributed by atoms with Gasteiger partial charge in [-0.2, -0.15) is 0 Å². The van der Waals surface area contributed by atoms with Crippen molar-refractivity contribution < 1.29 is 19.2 Å². The average Bonchev–Trinajstić information content (AvgIpc) is 3.29. The highest BCUT2D eigenvalue weighted by atomic mass is 16.6. The van der Waals surface area contributed by atoms with Gasteiger partial charge in [-0.25, -0.2) is 4.79 Å². The number of amides is 2. The zero-order valence-corrected chi connectivity index (χ0v) is 17.7. The largest absolute Gasteiger partial charge is 0.489 e. The highest BCUT2D eigenvalue weighted by molar-refractivity contribution is 5.99. The van der Waals surface area contributed by atoms with Crippen LogP contribution < -0.4 is 20.1 Å². The lowest BCUT2D eigenvalue weighted by Crippen LogP contribution is -2.38. The molecule has 0 saturated heterocycles. The van der Waals surface area contributed by atoms with Gasteiger partial charge in [-0.1, -0.05) is 19.1 Å². The van der Waals surface area contributed by atoms with Gasteiger partial charge in [-0.3, -0.25) is 4.57 Å². The minimum absolute atomic E-state index is 0.206. The number of aryl methyl sites for hydroxylation is 1. The number of anilines is 2. The van der Waals surface area contributed by atoms with E-state index < -0.39 is 10.5 Å². The molecule has 0 radical (unpaired) electrons. The summed E-state index contributed by atoms with van der Waals surface area (Å²) in [4.78, 5) is 26.3. The molecule has 2 amide bonds. The number of fused-ring (bicyclic) bond motifs is 1. The summed E-state index contributed by atoms with van der Waals surface area (Å²) in [7, 11) is 0. The number of aromatic nitrogens is 2. The summed E-state index contributed by atoms with van der Waals surface area (Å²) in [6.45, 7) is 4.54. The third kappa shape index (κ3) is 4.80. The first-order valence-electron chi connectivity index (χ1n) is 10.1. The fraction of sp³-hybridized carbons (Fsp3) is 0.273. The van der Waals surface area contributed by atoms with Crippen LogP contribution in [0, 0.1) is 10.1 Å². The van der Waals surface area contributed by atoms with Gasteiger partial charge in [0.25, 0.3) is 0 Å². The van der Waals surface area contributed by atoms with Gasteiger partial charge >= 0.3 is 17.9 Å². The molecule has 0 bridgehead atoms. The number of carbonyl (C=O) groups excluding carboxylic acids is 1. The van der Waals surface area contributed by atoms with Crippen LogP contribution in [0.1, 0.15) is 19.4 Å². The second kappa shape index (κ2) is 8.58. The molecule has 2 heterocycles. The van der Waals surface area contributed by atoms with E-state index in [2.05, 4.69) is 22.5 Å². The number of nitrogens with one attached hydrogen (secondary N) is 2. The summed E-state index contributed by atoms with van der Waals surface area (Å²) in [6.07, 6.45) is 2.29. The van der Waals surface area contributed by atoms with Gasteiger partial charge in [-0.05, 0) is 60.2 Å². The van der Waals surface area contributed by atoms with Crippen molar-refractivity contribution in [1.29, 1.82) is 0 Å². The molecule has 0 spiro atoms. The van der Waals surface area contributed by atoms with E-state index in [0.717, 1.165) is 12.1 Å². The fourth-order valence-corrected chi connectivity index (χ4v) is 3.34. The molecule has 2 aromatic carbocycles. The van der Waals surface area contributed by atoms with Crippen LogP contribution in [-0.4, -0.2) is 32.7 Å². The molecule has 10 heteroatoms. The maximum Gasteiger partial charge on any atom is 0.415 e. The van der Waals surface area contributed by atoms with E-state index >= 15 is 0 Å². The Kier molecular flexibility index (Phi) is 5.67. The molecule has 166 valence electrons. The third-order valence-electron chi connectivity index (χ3n) is 5.03. The summed E-state index contributed by atoms with van der Waals surface area (Å²) in [6, 6.07) is 14.5. The van der Waals surface area contributed by atoms with E-state index in [-0.39, 0.29) is 24.5 Å². The first kappa shape index (κ1) is 21.2. The quantitative estimate of drug-likeness (QED) is 0.422. The highest BCUT2D eigenvalue weighted by Gasteiger charge is 2.41. The molecule has 2 N–H and O–H groups in total. The monoisotopic (exact) mass is 437 g/mol. The fourth-order valence-electron chi connectivity index (χ4n) is 3.34. The van der Waals surface area contributed by atoms with Crippen LogP contribution in [-0.2, 0) is 13.0 Å². The number of benzene rings is 2. The second-order valence-electron chi connectivity index (χ2n) is 7.76. The van der Waals surface area contributed by atoms with Crippen LogP contribution in [0.2, 0.25) is 0 Å². The SMILES string of the molecule is CCc1ccc(NC(=O)Nc2ccc(OCC3(C)Cn4cc([N+](=O)[O-])nc4O3)cc2)cc1. The number of carbonyl (C=O) groups is 1. The van der Waals surface area contributed by atoms with Crippen molar-refractivity contribution in [3.05, 3.63) is 70.4 Å². The molecule has 0 fully saturated rings. The Morgan fingerprint density at radius 3 is 2.38 bits per heavy atom. The van der Waals surface area contributed by atoms with E-state index in [9.17, 15) is 14.9 Å². The zero-order chi connectivity index (χ0) is 22.7. The van der Waals surface area contributed by atoms with Gasteiger partial charge in [0.2, 0.25) is 0 Å². The maximum atomic E-state index is 12.2. The number of nitrogens with zero attached hydrogens (tertiary/aromatic N) is 3. The number of nitro groups is 1. The summed E-state index contributed by atoms with van der Waals surface area (Å²) < 4.78 is 13.2. The topological polar surface area (TPSA) is 121 Å². The van der Waals surface area contributed by atoms with Gasteiger partial charge in [0.05, 0.1) is 6.54 Å². The third-order valence-corrected chi connectivity index (χ3v) is 5.03. The van der Waals surface area contributed by atoms with Crippen molar-refractivity contribution in [3.8, 4) is 11.8 Å². The molecule has 1 aromatic heterocycles. The van der Waals surface area contributed by atoms with E-state index in [4.69, 9.17) is 9.47 Å². The van der Waals surface area contributed by atoms with Gasteiger partial charge in [0.1, 0.15) is 18.6 Å². The molecule has 4 rings (SSSR count). The number of imidazole rings is 1. The lowest BCUT2D eigenvalue weighted by atomic mass is 10.1. The second-order valence-corrected chi connectivity index (χ2v) is 7.76. The van der Waals surface area contributed by atoms with Crippen molar-refractivity contribution >= 4 is 23.2 Å². The molecule has 1 aliphatic heterocycles. The summed E-state index contributed by atoms with van der Waals surface area (Å²) >= 11 is 0. The van der Waals surface area contributed by atoms with E-state index in [1.54, 1.807) is 28.8 Å². The molecular weight excluding hydrogens is 414 g/mol. The van der Waals surface area contributed by atoms with Gasteiger partial charge in [-0.15, -0.1) is 0 Å². The standard InChI is InChI=1S/C22H23N5O5/c1-3-15-4-6-16(7-5-15)23-20(28)24-17-8-10-18(11-9-17)31-14-22(2)13-26-12-19(27(29)30)25-21(26)32-22/h4-12H,3,13-14H2,1-2H3,(H2,23,24,28). The van der Waals surface area contributed by atoms with Gasteiger partial charge in [0.15, 0.2) is 5.60 Å². The lowest BCUT2D eigenvalue weighted by Gasteiger charge is -2.22. The van der Waals surface area contributed by atoms with Crippen molar-refractivity contribution in [1.82, 2.24) is 9.55 Å². The Morgan fingerprint density at radius 1 is 1.19 bits per heavy atom. The first-order chi connectivity index (χ1) is 15.3. The van der Waals surface area contributed by atoms with E-state index in [1.165, 1.54) is 11.8 Å². The van der Waals surface area contributed by atoms with Crippen molar-refractivity contribution in [2.45, 2.75) is 32.4 Å². The summed E-state index contributed by atoms with van der Waals surface area (Å²) in [5.74, 6) is 0.361. The smallest absolute Gasteiger partial charge is 0.415 e. The van der Waals surface area contributed by atoms with Crippen molar-refractivity contribution in [3.63, 3.8) is 0 Å².